The highest BCUT2D eigenvalue weighted by Crippen LogP contribution is 2.23. The molecule has 2 unspecified atom stereocenters. The molecule has 1 N–H and O–H groups in total. The fourth-order valence-electron chi connectivity index (χ4n) is 1.73. The van der Waals surface area contributed by atoms with Gasteiger partial charge in [0.05, 0.1) is 6.61 Å². The smallest absolute Gasteiger partial charge is 0.123 e. The van der Waals surface area contributed by atoms with Gasteiger partial charge >= 0.3 is 0 Å². The Labute approximate surface area is 126 Å². The second-order valence-corrected chi connectivity index (χ2v) is 7.02. The van der Waals surface area contributed by atoms with Gasteiger partial charge in [-0.1, -0.05) is 22.9 Å². The Kier molecular flexibility index (Phi) is 7.64. The largest absolute Gasteiger partial charge is 0.493 e. The molecule has 0 heterocycles. The van der Waals surface area contributed by atoms with Crippen molar-refractivity contribution in [1.82, 2.24) is 5.32 Å². The topological polar surface area (TPSA) is 38.3 Å². The van der Waals surface area contributed by atoms with E-state index in [0.29, 0.717) is 5.75 Å². The van der Waals surface area contributed by atoms with Crippen molar-refractivity contribution in [2.24, 2.45) is 0 Å². The minimum Gasteiger partial charge on any atom is -0.493 e. The van der Waals surface area contributed by atoms with E-state index in [2.05, 4.69) is 34.2 Å². The number of hydrogen-bond acceptors (Lipinski definition) is 3. The highest BCUT2D eigenvalue weighted by atomic mass is 79.9. The first-order chi connectivity index (χ1) is 9.02. The molecule has 0 fully saturated rings. The third kappa shape index (κ3) is 6.54. The molecule has 1 aromatic carbocycles. The third-order valence-electron chi connectivity index (χ3n) is 2.61. The first-order valence-electron chi connectivity index (χ1n) is 6.47. The van der Waals surface area contributed by atoms with Crippen LogP contribution in [0, 0.1) is 0 Å². The minimum atomic E-state index is -0.771. The Morgan fingerprint density at radius 1 is 1.47 bits per heavy atom. The van der Waals surface area contributed by atoms with E-state index >= 15 is 0 Å². The quantitative estimate of drug-likeness (QED) is 0.785. The van der Waals surface area contributed by atoms with Crippen molar-refractivity contribution in [3.05, 3.63) is 28.2 Å². The maximum absolute atomic E-state index is 11.2. The fourth-order valence-corrected chi connectivity index (χ4v) is 2.96. The van der Waals surface area contributed by atoms with Gasteiger partial charge in [-0.3, -0.25) is 4.21 Å². The lowest BCUT2D eigenvalue weighted by atomic mass is 10.2. The molecule has 0 spiro atoms. The van der Waals surface area contributed by atoms with E-state index in [-0.39, 0.29) is 6.04 Å². The van der Waals surface area contributed by atoms with Crippen molar-refractivity contribution in [2.75, 3.05) is 18.6 Å². The van der Waals surface area contributed by atoms with Crippen LogP contribution in [0.1, 0.15) is 25.8 Å². The van der Waals surface area contributed by atoms with Gasteiger partial charge in [-0.25, -0.2) is 0 Å². The molecule has 3 nitrogen and oxygen atoms in total. The van der Waals surface area contributed by atoms with Crippen molar-refractivity contribution in [1.29, 1.82) is 0 Å². The van der Waals surface area contributed by atoms with E-state index in [1.807, 2.05) is 19.1 Å². The van der Waals surface area contributed by atoms with Crippen LogP contribution in [0.15, 0.2) is 22.7 Å². The summed E-state index contributed by atoms with van der Waals surface area (Å²) in [5.41, 5.74) is 1.12. The second kappa shape index (κ2) is 8.72. The zero-order valence-electron chi connectivity index (χ0n) is 11.7. The van der Waals surface area contributed by atoms with E-state index in [1.54, 1.807) is 6.26 Å². The van der Waals surface area contributed by atoms with Crippen LogP contribution in [0.2, 0.25) is 0 Å². The summed E-state index contributed by atoms with van der Waals surface area (Å²) in [6.45, 7) is 5.58. The zero-order chi connectivity index (χ0) is 14.3. The van der Waals surface area contributed by atoms with E-state index in [4.69, 9.17) is 4.74 Å². The molecule has 0 aliphatic rings. The number of ether oxygens (including phenoxy) is 1. The highest BCUT2D eigenvalue weighted by molar-refractivity contribution is 9.10. The first kappa shape index (κ1) is 16.7. The summed E-state index contributed by atoms with van der Waals surface area (Å²) < 4.78 is 17.9. The molecule has 0 amide bonds. The summed E-state index contributed by atoms with van der Waals surface area (Å²) in [6, 6.07) is 6.26. The number of hydrogen-bond donors (Lipinski definition) is 1. The van der Waals surface area contributed by atoms with Crippen molar-refractivity contribution >= 4 is 26.7 Å². The van der Waals surface area contributed by atoms with Gasteiger partial charge in [0.2, 0.25) is 0 Å². The summed E-state index contributed by atoms with van der Waals surface area (Å²) in [7, 11) is -0.771. The van der Waals surface area contributed by atoms with Crippen LogP contribution in [-0.4, -0.2) is 28.9 Å². The summed E-state index contributed by atoms with van der Waals surface area (Å²) >= 11 is 3.48. The summed E-state index contributed by atoms with van der Waals surface area (Å²) in [4.78, 5) is 0. The van der Waals surface area contributed by atoms with E-state index in [0.717, 1.165) is 35.4 Å². The van der Waals surface area contributed by atoms with Gasteiger partial charge in [-0.2, -0.15) is 0 Å². The Morgan fingerprint density at radius 3 is 2.84 bits per heavy atom. The van der Waals surface area contributed by atoms with Gasteiger partial charge < -0.3 is 10.1 Å². The number of rotatable bonds is 8. The van der Waals surface area contributed by atoms with Crippen LogP contribution >= 0.6 is 15.9 Å². The molecule has 1 rings (SSSR count). The van der Waals surface area contributed by atoms with Gasteiger partial charge in [0.25, 0.3) is 0 Å². The van der Waals surface area contributed by atoms with Crippen molar-refractivity contribution in [3.63, 3.8) is 0 Å². The number of halogens is 1. The Hall–Kier alpha value is -0.390. The molecule has 5 heteroatoms. The average Bonchev–Trinajstić information content (AvgIpc) is 2.34. The molecule has 0 aliphatic carbocycles. The SMILES string of the molecule is CCCOc1ccc(Br)cc1CNC(C)CS(C)=O. The van der Waals surface area contributed by atoms with Gasteiger partial charge in [0.1, 0.15) is 5.75 Å². The first-order valence-corrected chi connectivity index (χ1v) is 8.99. The molecular weight excluding hydrogens is 326 g/mol. The molecule has 108 valence electrons. The second-order valence-electron chi connectivity index (χ2n) is 4.62. The highest BCUT2D eigenvalue weighted by Gasteiger charge is 2.08. The van der Waals surface area contributed by atoms with Gasteiger partial charge in [0, 0.05) is 45.4 Å². The molecule has 0 saturated heterocycles. The van der Waals surface area contributed by atoms with Gasteiger partial charge in [0.15, 0.2) is 0 Å². The molecule has 0 bridgehead atoms. The van der Waals surface area contributed by atoms with Gasteiger partial charge in [-0.15, -0.1) is 0 Å². The lowest BCUT2D eigenvalue weighted by Gasteiger charge is -2.15. The number of benzene rings is 1. The molecule has 19 heavy (non-hydrogen) atoms. The van der Waals surface area contributed by atoms with Crippen LogP contribution in [0.5, 0.6) is 5.75 Å². The standard InChI is InChI=1S/C14H22BrNO2S/c1-4-7-18-14-6-5-13(15)8-12(14)9-16-11(2)10-19(3)17/h5-6,8,11,16H,4,7,9-10H2,1-3H3. The van der Waals surface area contributed by atoms with Crippen LogP contribution in [0.25, 0.3) is 0 Å². The van der Waals surface area contributed by atoms with Crippen LogP contribution < -0.4 is 10.1 Å². The third-order valence-corrected chi connectivity index (χ3v) is 4.07. The molecule has 2 atom stereocenters. The van der Waals surface area contributed by atoms with Crippen molar-refractivity contribution in [2.45, 2.75) is 32.9 Å². The fraction of sp³-hybridized carbons (Fsp3) is 0.571. The van der Waals surface area contributed by atoms with Crippen LogP contribution in [0.3, 0.4) is 0 Å². The normalized spacial score (nSPS) is 14.1. The zero-order valence-corrected chi connectivity index (χ0v) is 14.1. The maximum Gasteiger partial charge on any atom is 0.123 e. The Morgan fingerprint density at radius 2 is 2.21 bits per heavy atom. The molecule has 0 aliphatic heterocycles. The van der Waals surface area contributed by atoms with E-state index in [9.17, 15) is 4.21 Å². The molecular formula is C14H22BrNO2S. The summed E-state index contributed by atoms with van der Waals surface area (Å²) in [6.07, 6.45) is 2.72. The lowest BCUT2D eigenvalue weighted by Crippen LogP contribution is -2.30. The summed E-state index contributed by atoms with van der Waals surface area (Å²) in [5.74, 6) is 1.58. The Balaban J connectivity index is 2.64. The monoisotopic (exact) mass is 347 g/mol. The van der Waals surface area contributed by atoms with Crippen molar-refractivity contribution < 1.29 is 8.95 Å². The molecule has 0 radical (unpaired) electrons. The predicted molar refractivity (Wildman–Crippen MR) is 85.2 cm³/mol. The average molecular weight is 348 g/mol. The van der Waals surface area contributed by atoms with Crippen LogP contribution in [-0.2, 0) is 17.3 Å². The van der Waals surface area contributed by atoms with Gasteiger partial charge in [-0.05, 0) is 31.5 Å². The van der Waals surface area contributed by atoms with E-state index in [1.165, 1.54) is 0 Å². The van der Waals surface area contributed by atoms with Crippen LogP contribution in [0.4, 0.5) is 0 Å². The number of nitrogens with one attached hydrogen (secondary N) is 1. The predicted octanol–water partition coefficient (Wildman–Crippen LogP) is 3.09. The lowest BCUT2D eigenvalue weighted by molar-refractivity contribution is 0.313. The minimum absolute atomic E-state index is 0.226. The maximum atomic E-state index is 11.2. The molecule has 1 aromatic rings. The van der Waals surface area contributed by atoms with E-state index < -0.39 is 10.8 Å². The van der Waals surface area contributed by atoms with Crippen molar-refractivity contribution in [3.8, 4) is 5.75 Å². The molecule has 0 saturated carbocycles. The summed E-state index contributed by atoms with van der Waals surface area (Å²) in [5, 5.41) is 3.38. The molecule has 0 aromatic heterocycles. The Bertz CT molecular complexity index is 426.